The lowest BCUT2D eigenvalue weighted by molar-refractivity contribution is -0.150. The highest BCUT2D eigenvalue weighted by atomic mass is 79.9. The summed E-state index contributed by atoms with van der Waals surface area (Å²) in [4.78, 5) is 30.0. The molecule has 1 atom stereocenters. The monoisotopic (exact) mass is 506 g/mol. The third-order valence-electron chi connectivity index (χ3n) is 4.70. The van der Waals surface area contributed by atoms with Gasteiger partial charge < -0.3 is 14.3 Å². The minimum absolute atomic E-state index is 0.122. The van der Waals surface area contributed by atoms with Crippen LogP contribution in [0.5, 0.6) is 5.75 Å². The third-order valence-corrected chi connectivity index (χ3v) is 5.34. The van der Waals surface area contributed by atoms with Gasteiger partial charge in [0.1, 0.15) is 17.3 Å². The Morgan fingerprint density at radius 1 is 1.19 bits per heavy atom. The van der Waals surface area contributed by atoms with Crippen LogP contribution in [-0.2, 0) is 14.4 Å². The predicted molar refractivity (Wildman–Crippen MR) is 120 cm³/mol. The Hall–Kier alpha value is -2.91. The summed E-state index contributed by atoms with van der Waals surface area (Å²) in [6.07, 6.45) is 1.33. The number of allylic oxidation sites excluding steroid dienone is 1. The SMILES string of the molecule is CCC(Oc1ccc(N2C=C(C(C)C)ON2)cc1)C(=O)OCC(=O)c1ccc(Br)c(F)c1. The van der Waals surface area contributed by atoms with E-state index in [1.807, 2.05) is 32.2 Å². The van der Waals surface area contributed by atoms with E-state index in [9.17, 15) is 14.0 Å². The number of hydrogen-bond acceptors (Lipinski definition) is 7. The van der Waals surface area contributed by atoms with Crippen LogP contribution < -0.4 is 15.3 Å². The Morgan fingerprint density at radius 3 is 2.50 bits per heavy atom. The second-order valence-electron chi connectivity index (χ2n) is 7.42. The van der Waals surface area contributed by atoms with Crippen LogP contribution in [-0.4, -0.2) is 24.5 Å². The van der Waals surface area contributed by atoms with Crippen molar-refractivity contribution in [1.29, 1.82) is 0 Å². The van der Waals surface area contributed by atoms with Crippen LogP contribution in [0.2, 0.25) is 0 Å². The number of carbonyl (C=O) groups is 2. The van der Waals surface area contributed by atoms with Gasteiger partial charge in [-0.2, -0.15) is 0 Å². The predicted octanol–water partition coefficient (Wildman–Crippen LogP) is 4.93. The van der Waals surface area contributed by atoms with Crippen LogP contribution in [0.3, 0.4) is 0 Å². The van der Waals surface area contributed by atoms with Crippen LogP contribution in [0.1, 0.15) is 37.6 Å². The molecule has 0 aliphatic carbocycles. The number of Topliss-reactive ketones (excluding diaryl/α,β-unsaturated/α-hetero) is 1. The molecule has 1 unspecified atom stereocenters. The Bertz CT molecular complexity index is 1010. The number of hydrazine groups is 1. The van der Waals surface area contributed by atoms with Crippen molar-refractivity contribution in [2.45, 2.75) is 33.3 Å². The fourth-order valence-corrected chi connectivity index (χ4v) is 3.05. The molecule has 0 spiro atoms. The number of carbonyl (C=O) groups excluding carboxylic acids is 2. The summed E-state index contributed by atoms with van der Waals surface area (Å²) in [5.74, 6) is -0.181. The summed E-state index contributed by atoms with van der Waals surface area (Å²) in [6, 6.07) is 11.1. The molecular formula is C23H24BrFN2O5. The van der Waals surface area contributed by atoms with Crippen molar-refractivity contribution in [3.05, 3.63) is 70.3 Å². The van der Waals surface area contributed by atoms with Gasteiger partial charge in [0.15, 0.2) is 18.5 Å². The quantitative estimate of drug-likeness (QED) is 0.381. The normalized spacial score (nSPS) is 14.1. The molecule has 170 valence electrons. The molecule has 0 saturated heterocycles. The van der Waals surface area contributed by atoms with Gasteiger partial charge in [-0.05, 0) is 64.8 Å². The van der Waals surface area contributed by atoms with Crippen LogP contribution in [0.15, 0.2) is 58.9 Å². The van der Waals surface area contributed by atoms with Crippen molar-refractivity contribution in [3.63, 3.8) is 0 Å². The van der Waals surface area contributed by atoms with Crippen LogP contribution in [0.25, 0.3) is 0 Å². The molecule has 0 saturated carbocycles. The molecular weight excluding hydrogens is 483 g/mol. The molecule has 1 aliphatic rings. The fraction of sp³-hybridized carbons (Fsp3) is 0.304. The lowest BCUT2D eigenvalue weighted by Crippen LogP contribution is -2.30. The fourth-order valence-electron chi connectivity index (χ4n) is 2.81. The van der Waals surface area contributed by atoms with Crippen molar-refractivity contribution in [2.75, 3.05) is 11.6 Å². The molecule has 7 nitrogen and oxygen atoms in total. The number of rotatable bonds is 9. The standard InChI is InChI=1S/C23H24BrFN2O5/c1-4-21(23(29)30-13-20(28)15-5-10-18(24)19(25)11-15)31-17-8-6-16(7-9-17)27-12-22(14(2)3)32-26-27/h5-12,14,21,26H,4,13H2,1-3H3. The molecule has 3 rings (SSSR count). The highest BCUT2D eigenvalue weighted by molar-refractivity contribution is 9.10. The average Bonchev–Trinajstić information content (AvgIpc) is 3.28. The maximum Gasteiger partial charge on any atom is 0.347 e. The summed E-state index contributed by atoms with van der Waals surface area (Å²) >= 11 is 3.03. The second kappa shape index (κ2) is 10.6. The van der Waals surface area contributed by atoms with Gasteiger partial charge >= 0.3 is 5.97 Å². The molecule has 32 heavy (non-hydrogen) atoms. The van der Waals surface area contributed by atoms with Crippen LogP contribution in [0, 0.1) is 11.7 Å². The van der Waals surface area contributed by atoms with Gasteiger partial charge in [-0.3, -0.25) is 4.79 Å². The van der Waals surface area contributed by atoms with Crippen molar-refractivity contribution < 1.29 is 28.3 Å². The van der Waals surface area contributed by atoms with E-state index in [0.717, 1.165) is 17.5 Å². The van der Waals surface area contributed by atoms with Gasteiger partial charge in [0.05, 0.1) is 16.4 Å². The first kappa shape index (κ1) is 23.7. The molecule has 0 fully saturated rings. The number of anilines is 1. The van der Waals surface area contributed by atoms with Gasteiger partial charge in [-0.25, -0.2) is 14.2 Å². The van der Waals surface area contributed by atoms with Gasteiger partial charge in [0.25, 0.3) is 0 Å². The Morgan fingerprint density at radius 2 is 1.91 bits per heavy atom. The van der Waals surface area contributed by atoms with Crippen molar-refractivity contribution in [1.82, 2.24) is 5.59 Å². The van der Waals surface area contributed by atoms with Gasteiger partial charge in [-0.1, -0.05) is 26.4 Å². The highest BCUT2D eigenvalue weighted by Gasteiger charge is 2.22. The number of nitrogens with zero attached hydrogens (tertiary/aromatic N) is 1. The molecule has 2 aromatic carbocycles. The maximum atomic E-state index is 13.6. The van der Waals surface area contributed by atoms with E-state index in [1.165, 1.54) is 12.1 Å². The van der Waals surface area contributed by atoms with Crippen LogP contribution >= 0.6 is 15.9 Å². The summed E-state index contributed by atoms with van der Waals surface area (Å²) < 4.78 is 24.7. The Kier molecular flexibility index (Phi) is 7.87. The van der Waals surface area contributed by atoms with E-state index in [4.69, 9.17) is 14.3 Å². The zero-order chi connectivity index (χ0) is 23.3. The molecule has 0 aromatic heterocycles. The lowest BCUT2D eigenvalue weighted by Gasteiger charge is -2.18. The van der Waals surface area contributed by atoms with E-state index in [0.29, 0.717) is 12.2 Å². The first-order valence-electron chi connectivity index (χ1n) is 10.1. The molecule has 1 heterocycles. The van der Waals surface area contributed by atoms with E-state index < -0.39 is 30.3 Å². The van der Waals surface area contributed by atoms with E-state index >= 15 is 0 Å². The van der Waals surface area contributed by atoms with E-state index in [-0.39, 0.29) is 16.0 Å². The molecule has 0 bridgehead atoms. The number of ketones is 1. The molecule has 2 aromatic rings. The average molecular weight is 507 g/mol. The number of nitrogens with one attached hydrogen (secondary N) is 1. The molecule has 1 aliphatic heterocycles. The summed E-state index contributed by atoms with van der Waals surface area (Å²) in [5, 5.41) is 1.74. The molecule has 9 heteroatoms. The molecule has 1 N–H and O–H groups in total. The zero-order valence-electron chi connectivity index (χ0n) is 17.9. The molecule has 0 amide bonds. The van der Waals surface area contributed by atoms with Crippen molar-refractivity contribution >= 4 is 33.4 Å². The summed E-state index contributed by atoms with van der Waals surface area (Å²) in [5.41, 5.74) is 3.76. The number of halogens is 2. The van der Waals surface area contributed by atoms with Gasteiger partial charge in [-0.15, -0.1) is 0 Å². The molecule has 0 radical (unpaired) electrons. The van der Waals surface area contributed by atoms with E-state index in [1.54, 1.807) is 24.1 Å². The van der Waals surface area contributed by atoms with Crippen LogP contribution in [0.4, 0.5) is 10.1 Å². The summed E-state index contributed by atoms with van der Waals surface area (Å²) in [7, 11) is 0. The van der Waals surface area contributed by atoms with Crippen molar-refractivity contribution in [3.8, 4) is 5.75 Å². The van der Waals surface area contributed by atoms with Gasteiger partial charge in [0, 0.05) is 11.5 Å². The minimum Gasteiger partial charge on any atom is -0.479 e. The summed E-state index contributed by atoms with van der Waals surface area (Å²) in [6.45, 7) is 5.34. The van der Waals surface area contributed by atoms with E-state index in [2.05, 4.69) is 21.5 Å². The topological polar surface area (TPSA) is 77.1 Å². The zero-order valence-corrected chi connectivity index (χ0v) is 19.5. The highest BCUT2D eigenvalue weighted by Crippen LogP contribution is 2.25. The smallest absolute Gasteiger partial charge is 0.347 e. The number of esters is 1. The maximum absolute atomic E-state index is 13.6. The van der Waals surface area contributed by atoms with Gasteiger partial charge in [0.2, 0.25) is 0 Å². The Labute approximate surface area is 194 Å². The number of hydrogen-bond donors (Lipinski definition) is 1. The largest absolute Gasteiger partial charge is 0.479 e. The third kappa shape index (κ3) is 5.86. The first-order valence-corrected chi connectivity index (χ1v) is 10.9. The number of ether oxygens (including phenoxy) is 2. The lowest BCUT2D eigenvalue weighted by atomic mass is 10.1. The number of benzene rings is 2. The Balaban J connectivity index is 1.55. The second-order valence-corrected chi connectivity index (χ2v) is 8.27. The van der Waals surface area contributed by atoms with Crippen molar-refractivity contribution in [2.24, 2.45) is 5.92 Å². The minimum atomic E-state index is -0.879. The first-order chi connectivity index (χ1) is 15.3.